The van der Waals surface area contributed by atoms with Crippen LogP contribution in [0.4, 0.5) is 4.39 Å². The standard InChI is InChI=1S/C10H12FNO.C6H8O7/c11-6-9(7-12)4-8-2-1-3-10(13)5-8;7-3(8)1-6(13,5(11)12)2-4(9)10/h1-3,5-6,13H,4,7,12H2;13H,1-2H2,(H,7,8)(H,9,10)(H,11,12)/b9-6-;. The molecule has 10 heteroatoms. The average Bonchev–Trinajstić information content (AvgIpc) is 2.51. The molecule has 0 fully saturated rings. The highest BCUT2D eigenvalue weighted by Gasteiger charge is 2.40. The van der Waals surface area contributed by atoms with Gasteiger partial charge in [0.25, 0.3) is 0 Å². The zero-order chi connectivity index (χ0) is 20.3. The van der Waals surface area contributed by atoms with Crippen molar-refractivity contribution in [1.29, 1.82) is 0 Å². The van der Waals surface area contributed by atoms with Crippen LogP contribution in [0.5, 0.6) is 5.75 Å². The number of rotatable bonds is 8. The number of benzene rings is 1. The summed E-state index contributed by atoms with van der Waals surface area (Å²) < 4.78 is 12.1. The normalized spacial score (nSPS) is 11.3. The zero-order valence-corrected chi connectivity index (χ0v) is 13.6. The number of nitrogens with two attached hydrogens (primary N) is 1. The number of phenolic OH excluding ortho intramolecular Hbond substituents is 1. The first kappa shape index (κ1) is 23.0. The number of hydrogen-bond acceptors (Lipinski definition) is 6. The largest absolute Gasteiger partial charge is 0.508 e. The van der Waals surface area contributed by atoms with Crippen molar-refractivity contribution in [2.45, 2.75) is 24.9 Å². The van der Waals surface area contributed by atoms with Gasteiger partial charge in [-0.2, -0.15) is 0 Å². The van der Waals surface area contributed by atoms with Gasteiger partial charge in [0.2, 0.25) is 0 Å². The number of carbonyl (C=O) groups is 3. The van der Waals surface area contributed by atoms with Gasteiger partial charge in [0.1, 0.15) is 5.75 Å². The van der Waals surface area contributed by atoms with Gasteiger partial charge in [-0.3, -0.25) is 9.59 Å². The summed E-state index contributed by atoms with van der Waals surface area (Å²) in [6.45, 7) is 0.201. The van der Waals surface area contributed by atoms with E-state index in [2.05, 4.69) is 0 Å². The van der Waals surface area contributed by atoms with Crippen LogP contribution in [0.2, 0.25) is 0 Å². The molecule has 0 saturated carbocycles. The highest BCUT2D eigenvalue weighted by Crippen LogP contribution is 2.16. The molecule has 9 nitrogen and oxygen atoms in total. The summed E-state index contributed by atoms with van der Waals surface area (Å²) >= 11 is 0. The topological polar surface area (TPSA) is 178 Å². The van der Waals surface area contributed by atoms with Gasteiger partial charge < -0.3 is 31.3 Å². The quantitative estimate of drug-likeness (QED) is 0.378. The van der Waals surface area contributed by atoms with Crippen LogP contribution in [0.1, 0.15) is 18.4 Å². The lowest BCUT2D eigenvalue weighted by Gasteiger charge is -2.18. The van der Waals surface area contributed by atoms with Crippen LogP contribution in [0.25, 0.3) is 0 Å². The van der Waals surface area contributed by atoms with Crippen LogP contribution >= 0.6 is 0 Å². The molecule has 0 aliphatic heterocycles. The molecule has 26 heavy (non-hydrogen) atoms. The third kappa shape index (κ3) is 8.76. The van der Waals surface area contributed by atoms with Gasteiger partial charge >= 0.3 is 17.9 Å². The summed E-state index contributed by atoms with van der Waals surface area (Å²) in [7, 11) is 0. The van der Waals surface area contributed by atoms with Gasteiger partial charge in [-0.15, -0.1) is 0 Å². The summed E-state index contributed by atoms with van der Waals surface area (Å²) in [5, 5.41) is 42.9. The molecule has 1 aromatic carbocycles. The number of phenols is 1. The Hall–Kier alpha value is -2.98. The van der Waals surface area contributed by atoms with E-state index in [0.717, 1.165) is 5.56 Å². The molecule has 0 aliphatic carbocycles. The van der Waals surface area contributed by atoms with Gasteiger partial charge in [0, 0.05) is 6.54 Å². The second kappa shape index (κ2) is 10.8. The lowest BCUT2D eigenvalue weighted by atomic mass is 9.96. The Morgan fingerprint density at radius 3 is 2.00 bits per heavy atom. The average molecular weight is 373 g/mol. The highest BCUT2D eigenvalue weighted by atomic mass is 19.1. The summed E-state index contributed by atoms with van der Waals surface area (Å²) in [5.74, 6) is -4.83. The Balaban J connectivity index is 0.000000481. The van der Waals surface area contributed by atoms with Crippen LogP contribution in [-0.2, 0) is 20.8 Å². The van der Waals surface area contributed by atoms with E-state index in [4.69, 9.17) is 31.3 Å². The first-order chi connectivity index (χ1) is 12.0. The number of aliphatic carboxylic acids is 3. The number of carboxylic acids is 3. The maximum Gasteiger partial charge on any atom is 0.336 e. The molecule has 0 amide bonds. The summed E-state index contributed by atoms with van der Waals surface area (Å²) in [5.41, 5.74) is 3.93. The van der Waals surface area contributed by atoms with Crippen molar-refractivity contribution < 1.29 is 44.3 Å². The van der Waals surface area contributed by atoms with Crippen molar-refractivity contribution in [1.82, 2.24) is 0 Å². The smallest absolute Gasteiger partial charge is 0.336 e. The van der Waals surface area contributed by atoms with Crippen molar-refractivity contribution >= 4 is 17.9 Å². The van der Waals surface area contributed by atoms with E-state index < -0.39 is 36.4 Å². The minimum atomic E-state index is -2.74. The number of aromatic hydroxyl groups is 1. The lowest BCUT2D eigenvalue weighted by molar-refractivity contribution is -0.170. The van der Waals surface area contributed by atoms with Crippen LogP contribution in [0.15, 0.2) is 36.2 Å². The molecule has 0 spiro atoms. The van der Waals surface area contributed by atoms with E-state index in [-0.39, 0.29) is 12.3 Å². The molecule has 1 aromatic rings. The van der Waals surface area contributed by atoms with E-state index in [1.807, 2.05) is 6.07 Å². The van der Waals surface area contributed by atoms with E-state index >= 15 is 0 Å². The zero-order valence-electron chi connectivity index (χ0n) is 13.6. The summed E-state index contributed by atoms with van der Waals surface area (Å²) in [4.78, 5) is 30.5. The Bertz CT molecular complexity index is 658. The molecular weight excluding hydrogens is 353 g/mol. The Morgan fingerprint density at radius 1 is 1.12 bits per heavy atom. The molecule has 7 N–H and O–H groups in total. The second-order valence-corrected chi connectivity index (χ2v) is 5.30. The molecule has 0 unspecified atom stereocenters. The predicted molar refractivity (Wildman–Crippen MR) is 87.1 cm³/mol. The maximum atomic E-state index is 12.1. The van der Waals surface area contributed by atoms with Crippen LogP contribution in [0, 0.1) is 0 Å². The molecule has 0 atom stereocenters. The summed E-state index contributed by atoms with van der Waals surface area (Å²) in [6.07, 6.45) is -1.32. The second-order valence-electron chi connectivity index (χ2n) is 5.30. The number of hydrogen-bond donors (Lipinski definition) is 6. The fourth-order valence-corrected chi connectivity index (χ4v) is 1.80. The van der Waals surface area contributed by atoms with E-state index in [1.165, 1.54) is 0 Å². The van der Waals surface area contributed by atoms with Crippen LogP contribution < -0.4 is 5.73 Å². The van der Waals surface area contributed by atoms with E-state index in [0.29, 0.717) is 18.3 Å². The molecule has 0 bridgehead atoms. The van der Waals surface area contributed by atoms with Gasteiger partial charge in [0.15, 0.2) is 5.60 Å². The Morgan fingerprint density at radius 2 is 1.65 bits per heavy atom. The van der Waals surface area contributed by atoms with Crippen molar-refractivity contribution in [2.75, 3.05) is 6.54 Å². The molecule has 0 aliphatic rings. The number of halogens is 1. The van der Waals surface area contributed by atoms with Crippen LogP contribution in [-0.4, -0.2) is 55.6 Å². The molecular formula is C16H20FNO8. The van der Waals surface area contributed by atoms with Crippen molar-refractivity contribution in [3.8, 4) is 5.75 Å². The van der Waals surface area contributed by atoms with Gasteiger partial charge in [-0.05, 0) is 29.7 Å². The Kier molecular flexibility index (Phi) is 9.56. The minimum Gasteiger partial charge on any atom is -0.508 e. The molecule has 1 rings (SSSR count). The highest BCUT2D eigenvalue weighted by molar-refractivity contribution is 5.88. The molecule has 144 valence electrons. The number of carboxylic acid groups (broad SMARTS) is 3. The first-order valence-corrected chi connectivity index (χ1v) is 7.19. The summed E-state index contributed by atoms with van der Waals surface area (Å²) in [6, 6.07) is 6.71. The third-order valence-corrected chi connectivity index (χ3v) is 3.04. The molecule has 0 aromatic heterocycles. The van der Waals surface area contributed by atoms with Crippen molar-refractivity contribution in [2.24, 2.45) is 5.73 Å². The number of aliphatic hydroxyl groups is 1. The maximum absolute atomic E-state index is 12.1. The van der Waals surface area contributed by atoms with Gasteiger partial charge in [-0.1, -0.05) is 12.1 Å². The van der Waals surface area contributed by atoms with Crippen molar-refractivity contribution in [3.05, 3.63) is 41.7 Å². The predicted octanol–water partition coefficient (Wildman–Crippen LogP) is 0.498. The van der Waals surface area contributed by atoms with Crippen LogP contribution in [0.3, 0.4) is 0 Å². The minimum absolute atomic E-state index is 0.188. The SMILES string of the molecule is NC/C(=C\F)Cc1cccc(O)c1.O=C(O)CC(O)(CC(=O)O)C(=O)O. The fourth-order valence-electron chi connectivity index (χ4n) is 1.80. The van der Waals surface area contributed by atoms with E-state index in [9.17, 15) is 18.8 Å². The monoisotopic (exact) mass is 373 g/mol. The Labute approximate surface area is 147 Å². The van der Waals surface area contributed by atoms with Crippen molar-refractivity contribution in [3.63, 3.8) is 0 Å². The van der Waals surface area contributed by atoms with E-state index in [1.54, 1.807) is 18.2 Å². The molecule has 0 heterocycles. The third-order valence-electron chi connectivity index (χ3n) is 3.04. The van der Waals surface area contributed by atoms with Gasteiger partial charge in [0.05, 0.1) is 19.2 Å². The first-order valence-electron chi connectivity index (χ1n) is 7.19. The lowest BCUT2D eigenvalue weighted by Crippen LogP contribution is -2.42. The molecule has 0 saturated heterocycles. The fraction of sp³-hybridized carbons (Fsp3) is 0.312. The van der Waals surface area contributed by atoms with Gasteiger partial charge in [-0.25, -0.2) is 9.18 Å². The molecule has 0 radical (unpaired) electrons.